The van der Waals surface area contributed by atoms with Gasteiger partial charge < -0.3 is 5.11 Å². The first-order chi connectivity index (χ1) is 7.24. The van der Waals surface area contributed by atoms with Crippen molar-refractivity contribution in [2.75, 3.05) is 5.75 Å². The largest absolute Gasteiger partial charge is 0.392 e. The quantitative estimate of drug-likeness (QED) is 0.772. The summed E-state index contributed by atoms with van der Waals surface area (Å²) in [6.45, 7) is 1.51. The number of thioether (sulfide) groups is 1. The molecule has 0 amide bonds. The van der Waals surface area contributed by atoms with Gasteiger partial charge in [-0.15, -0.1) is 0 Å². The molecule has 2 nitrogen and oxygen atoms in total. The van der Waals surface area contributed by atoms with Crippen LogP contribution >= 0.6 is 11.8 Å². The van der Waals surface area contributed by atoms with E-state index in [9.17, 15) is 4.79 Å². The van der Waals surface area contributed by atoms with Crippen LogP contribution in [0, 0.1) is 11.8 Å². The summed E-state index contributed by atoms with van der Waals surface area (Å²) < 4.78 is 0. The Morgan fingerprint density at radius 3 is 2.87 bits per heavy atom. The molecule has 0 aromatic heterocycles. The van der Waals surface area contributed by atoms with E-state index in [-0.39, 0.29) is 11.7 Å². The van der Waals surface area contributed by atoms with Gasteiger partial charge in [-0.1, -0.05) is 41.8 Å². The van der Waals surface area contributed by atoms with Crippen molar-refractivity contribution in [3.63, 3.8) is 0 Å². The molecule has 0 unspecified atom stereocenters. The summed E-state index contributed by atoms with van der Waals surface area (Å²) in [5.41, 5.74) is 1.64. The van der Waals surface area contributed by atoms with Crippen molar-refractivity contribution in [2.24, 2.45) is 0 Å². The maximum absolute atomic E-state index is 10.6. The van der Waals surface area contributed by atoms with Crippen LogP contribution in [0.15, 0.2) is 24.3 Å². The van der Waals surface area contributed by atoms with E-state index in [2.05, 4.69) is 11.8 Å². The molecule has 0 heterocycles. The van der Waals surface area contributed by atoms with Gasteiger partial charge in [-0.2, -0.15) is 0 Å². The predicted octanol–water partition coefficient (Wildman–Crippen LogP) is 1.81. The third-order valence-electron chi connectivity index (χ3n) is 1.76. The molecule has 15 heavy (non-hydrogen) atoms. The predicted molar refractivity (Wildman–Crippen MR) is 62.4 cm³/mol. The highest BCUT2D eigenvalue weighted by molar-refractivity contribution is 8.13. The van der Waals surface area contributed by atoms with E-state index >= 15 is 0 Å². The Morgan fingerprint density at radius 2 is 2.20 bits per heavy atom. The number of hydrogen-bond donors (Lipinski definition) is 1. The lowest BCUT2D eigenvalue weighted by molar-refractivity contribution is -0.109. The Balaban J connectivity index is 2.66. The highest BCUT2D eigenvalue weighted by Gasteiger charge is 1.95. The van der Waals surface area contributed by atoms with E-state index in [1.54, 1.807) is 0 Å². The molecular weight excluding hydrogens is 208 g/mol. The van der Waals surface area contributed by atoms with Crippen LogP contribution in [-0.2, 0) is 11.4 Å². The molecule has 1 rings (SSSR count). The lowest BCUT2D eigenvalue weighted by Gasteiger charge is -1.98. The van der Waals surface area contributed by atoms with Gasteiger partial charge in [0.1, 0.15) is 0 Å². The average Bonchev–Trinajstić information content (AvgIpc) is 2.24. The number of benzene rings is 1. The van der Waals surface area contributed by atoms with Gasteiger partial charge in [0.05, 0.1) is 12.4 Å². The Hall–Kier alpha value is -1.24. The van der Waals surface area contributed by atoms with Gasteiger partial charge in [0.25, 0.3) is 0 Å². The van der Waals surface area contributed by atoms with Crippen LogP contribution in [0.2, 0.25) is 0 Å². The van der Waals surface area contributed by atoms with Gasteiger partial charge in [0.15, 0.2) is 5.12 Å². The van der Waals surface area contributed by atoms with Gasteiger partial charge in [0.2, 0.25) is 0 Å². The molecule has 3 heteroatoms. The highest BCUT2D eigenvalue weighted by Crippen LogP contribution is 2.07. The van der Waals surface area contributed by atoms with Gasteiger partial charge >= 0.3 is 0 Å². The van der Waals surface area contributed by atoms with Crippen LogP contribution in [0.4, 0.5) is 0 Å². The molecule has 0 spiro atoms. The second-order valence-electron chi connectivity index (χ2n) is 2.90. The Kier molecular flexibility index (Phi) is 4.96. The van der Waals surface area contributed by atoms with Crippen LogP contribution in [-0.4, -0.2) is 16.0 Å². The van der Waals surface area contributed by atoms with Crippen LogP contribution in [0.3, 0.4) is 0 Å². The third kappa shape index (κ3) is 4.20. The van der Waals surface area contributed by atoms with Gasteiger partial charge in [-0.25, -0.2) is 0 Å². The average molecular weight is 220 g/mol. The minimum absolute atomic E-state index is 0.00922. The fraction of sp³-hybridized carbons (Fsp3) is 0.250. The molecule has 1 N–H and O–H groups in total. The first-order valence-corrected chi connectivity index (χ1v) is 5.53. The van der Waals surface area contributed by atoms with Crippen molar-refractivity contribution < 1.29 is 9.90 Å². The number of aliphatic hydroxyl groups excluding tert-OH is 1. The number of carbonyl (C=O) groups excluding carboxylic acids is 1. The summed E-state index contributed by atoms with van der Waals surface area (Å²) in [6, 6.07) is 7.43. The number of hydrogen-bond acceptors (Lipinski definition) is 3. The van der Waals surface area contributed by atoms with E-state index in [0.29, 0.717) is 5.75 Å². The van der Waals surface area contributed by atoms with Gasteiger partial charge in [-0.05, 0) is 11.6 Å². The maximum Gasteiger partial charge on any atom is 0.186 e. The fourth-order valence-corrected chi connectivity index (χ4v) is 1.40. The number of carbonyl (C=O) groups is 1. The smallest absolute Gasteiger partial charge is 0.186 e. The summed E-state index contributed by atoms with van der Waals surface area (Å²) in [5.74, 6) is 6.32. The van der Waals surface area contributed by atoms with Crippen molar-refractivity contribution in [3.8, 4) is 11.8 Å². The highest BCUT2D eigenvalue weighted by atomic mass is 32.2. The second kappa shape index (κ2) is 6.28. The van der Waals surface area contributed by atoms with E-state index in [4.69, 9.17) is 5.11 Å². The van der Waals surface area contributed by atoms with E-state index in [1.807, 2.05) is 24.3 Å². The van der Waals surface area contributed by atoms with Crippen LogP contribution in [0.5, 0.6) is 0 Å². The number of aliphatic hydroxyl groups is 1. The first kappa shape index (κ1) is 11.8. The summed E-state index contributed by atoms with van der Waals surface area (Å²) in [5, 5.41) is 9.11. The summed E-state index contributed by atoms with van der Waals surface area (Å²) in [7, 11) is 0. The molecule has 78 valence electrons. The standard InChI is InChI=1S/C12H12O2S/c1-10(14)15-8-4-7-11-5-2-3-6-12(11)9-13/h2-3,5-6,13H,8-9H2,1H3. The van der Waals surface area contributed by atoms with Crippen LogP contribution in [0.25, 0.3) is 0 Å². The zero-order valence-corrected chi connectivity index (χ0v) is 9.30. The Bertz CT molecular complexity index is 402. The molecule has 0 aliphatic heterocycles. The van der Waals surface area contributed by atoms with E-state index < -0.39 is 0 Å². The topological polar surface area (TPSA) is 37.3 Å². The van der Waals surface area contributed by atoms with Crippen molar-refractivity contribution in [1.82, 2.24) is 0 Å². The normalized spacial score (nSPS) is 9.20. The monoisotopic (exact) mass is 220 g/mol. The fourth-order valence-electron chi connectivity index (χ4n) is 1.05. The van der Waals surface area contributed by atoms with Crippen LogP contribution < -0.4 is 0 Å². The van der Waals surface area contributed by atoms with Crippen molar-refractivity contribution in [1.29, 1.82) is 0 Å². The van der Waals surface area contributed by atoms with Crippen molar-refractivity contribution in [3.05, 3.63) is 35.4 Å². The molecule has 0 radical (unpaired) electrons. The van der Waals surface area contributed by atoms with E-state index in [1.165, 1.54) is 18.7 Å². The molecule has 1 aromatic rings. The molecule has 0 aliphatic carbocycles. The lowest BCUT2D eigenvalue weighted by atomic mass is 10.1. The maximum atomic E-state index is 10.6. The zero-order chi connectivity index (χ0) is 11.1. The molecule has 0 aliphatic rings. The zero-order valence-electron chi connectivity index (χ0n) is 8.49. The summed E-state index contributed by atoms with van der Waals surface area (Å²) in [6.07, 6.45) is 0. The second-order valence-corrected chi connectivity index (χ2v) is 4.05. The van der Waals surface area contributed by atoms with E-state index in [0.717, 1.165) is 11.1 Å². The first-order valence-electron chi connectivity index (χ1n) is 4.55. The Labute approximate surface area is 93.7 Å². The lowest BCUT2D eigenvalue weighted by Crippen LogP contribution is -1.88. The molecular formula is C12H12O2S. The van der Waals surface area contributed by atoms with Gasteiger partial charge in [0, 0.05) is 12.5 Å². The third-order valence-corrected chi connectivity index (χ3v) is 2.45. The Morgan fingerprint density at radius 1 is 1.47 bits per heavy atom. The van der Waals surface area contributed by atoms with Gasteiger partial charge in [-0.3, -0.25) is 4.79 Å². The molecule has 0 saturated heterocycles. The molecule has 0 saturated carbocycles. The summed E-state index contributed by atoms with van der Waals surface area (Å²) in [4.78, 5) is 10.6. The number of rotatable bonds is 2. The van der Waals surface area contributed by atoms with Crippen molar-refractivity contribution in [2.45, 2.75) is 13.5 Å². The van der Waals surface area contributed by atoms with Crippen molar-refractivity contribution >= 4 is 16.9 Å². The van der Waals surface area contributed by atoms with Crippen LogP contribution in [0.1, 0.15) is 18.1 Å². The minimum Gasteiger partial charge on any atom is -0.392 e. The molecule has 0 bridgehead atoms. The molecule has 0 fully saturated rings. The molecule has 1 aromatic carbocycles. The SMILES string of the molecule is CC(=O)SCC#Cc1ccccc1CO. The minimum atomic E-state index is -0.00922. The summed E-state index contributed by atoms with van der Waals surface area (Å²) >= 11 is 1.19. The molecule has 0 atom stereocenters.